The number of nitrogens with zero attached hydrogens (tertiary/aromatic N) is 2. The number of Topliss-reactive ketones (excluding diaryl/α,β-unsaturated/α-hetero) is 1. The van der Waals surface area contributed by atoms with Gasteiger partial charge in [-0.3, -0.25) is 9.48 Å². The number of sulfone groups is 1. The lowest BCUT2D eigenvalue weighted by Gasteiger charge is -2.02. The molecular formula is C10H13F3N2O3S. The van der Waals surface area contributed by atoms with Gasteiger partial charge in [-0.05, 0) is 6.42 Å². The Morgan fingerprint density at radius 2 is 2.05 bits per heavy atom. The Balaban J connectivity index is 2.60. The standard InChI is InChI=1S/C10H13F3N2O3S/c1-2-19(17,18)5-3-4-15-7-8(6-14-15)9(16)10(11,12)13/h6-7H,2-5H2,1H3. The van der Waals surface area contributed by atoms with Gasteiger partial charge in [-0.2, -0.15) is 18.3 Å². The van der Waals surface area contributed by atoms with Gasteiger partial charge in [-0.1, -0.05) is 6.92 Å². The summed E-state index contributed by atoms with van der Waals surface area (Å²) in [6.45, 7) is 1.66. The highest BCUT2D eigenvalue weighted by atomic mass is 32.2. The number of aromatic nitrogens is 2. The SMILES string of the molecule is CCS(=O)(=O)CCCn1cc(C(=O)C(F)(F)F)cn1. The summed E-state index contributed by atoms with van der Waals surface area (Å²) in [5.74, 6) is -2.00. The molecule has 0 aliphatic carbocycles. The van der Waals surface area contributed by atoms with Crippen LogP contribution in [0.3, 0.4) is 0 Å². The van der Waals surface area contributed by atoms with Crippen molar-refractivity contribution in [3.05, 3.63) is 18.0 Å². The number of hydrogen-bond acceptors (Lipinski definition) is 4. The van der Waals surface area contributed by atoms with Gasteiger partial charge in [0.25, 0.3) is 5.78 Å². The van der Waals surface area contributed by atoms with Gasteiger partial charge in [-0.25, -0.2) is 8.42 Å². The Morgan fingerprint density at radius 1 is 1.42 bits per heavy atom. The zero-order valence-electron chi connectivity index (χ0n) is 10.1. The van der Waals surface area contributed by atoms with E-state index in [2.05, 4.69) is 5.10 Å². The molecule has 9 heteroatoms. The van der Waals surface area contributed by atoms with Crippen LogP contribution in [0.2, 0.25) is 0 Å². The molecule has 0 amide bonds. The van der Waals surface area contributed by atoms with Gasteiger partial charge in [0.1, 0.15) is 9.84 Å². The number of rotatable bonds is 6. The first-order valence-electron chi connectivity index (χ1n) is 5.50. The summed E-state index contributed by atoms with van der Waals surface area (Å²) >= 11 is 0. The predicted octanol–water partition coefficient (Wildman–Crippen LogP) is 1.45. The topological polar surface area (TPSA) is 69.0 Å². The second-order valence-electron chi connectivity index (χ2n) is 3.91. The van der Waals surface area contributed by atoms with Crippen LogP contribution in [0, 0.1) is 0 Å². The molecule has 0 saturated carbocycles. The first-order chi connectivity index (χ1) is 8.65. The van der Waals surface area contributed by atoms with E-state index in [0.29, 0.717) is 0 Å². The Morgan fingerprint density at radius 3 is 2.58 bits per heavy atom. The second kappa shape index (κ2) is 5.72. The van der Waals surface area contributed by atoms with Crippen LogP contribution in [-0.2, 0) is 16.4 Å². The molecule has 0 aromatic carbocycles. The van der Waals surface area contributed by atoms with Gasteiger partial charge < -0.3 is 0 Å². The van der Waals surface area contributed by atoms with Crippen LogP contribution in [0.4, 0.5) is 13.2 Å². The highest BCUT2D eigenvalue weighted by Crippen LogP contribution is 2.20. The molecule has 0 unspecified atom stereocenters. The molecule has 1 aromatic heterocycles. The molecule has 19 heavy (non-hydrogen) atoms. The number of ketones is 1. The molecule has 0 bridgehead atoms. The maximum atomic E-state index is 12.1. The maximum Gasteiger partial charge on any atom is 0.454 e. The quantitative estimate of drug-likeness (QED) is 0.745. The minimum absolute atomic E-state index is 0.0178. The van der Waals surface area contributed by atoms with Gasteiger partial charge in [0.05, 0.1) is 17.5 Å². The van der Waals surface area contributed by atoms with Gasteiger partial charge in [0.15, 0.2) is 0 Å². The van der Waals surface area contributed by atoms with Gasteiger partial charge in [0, 0.05) is 18.5 Å². The zero-order chi connectivity index (χ0) is 14.7. The number of hydrogen-bond donors (Lipinski definition) is 0. The Kier molecular flexibility index (Phi) is 4.72. The summed E-state index contributed by atoms with van der Waals surface area (Å²) in [7, 11) is -3.11. The number of carbonyl (C=O) groups excluding carboxylic acids is 1. The Labute approximate surface area is 108 Å². The predicted molar refractivity (Wildman–Crippen MR) is 61.6 cm³/mol. The summed E-state index contributed by atoms with van der Waals surface area (Å²) in [5.41, 5.74) is -0.550. The van der Waals surface area contributed by atoms with E-state index in [1.54, 1.807) is 0 Å². The minimum Gasteiger partial charge on any atom is -0.284 e. The molecule has 0 atom stereocenters. The largest absolute Gasteiger partial charge is 0.454 e. The van der Waals surface area contributed by atoms with E-state index in [4.69, 9.17) is 0 Å². The third-order valence-corrected chi connectivity index (χ3v) is 4.23. The fourth-order valence-corrected chi connectivity index (χ4v) is 2.22. The number of halogens is 3. The van der Waals surface area contributed by atoms with Crippen LogP contribution in [0.1, 0.15) is 23.7 Å². The normalized spacial score (nSPS) is 12.6. The molecule has 5 nitrogen and oxygen atoms in total. The lowest BCUT2D eigenvalue weighted by Crippen LogP contribution is -2.22. The third-order valence-electron chi connectivity index (χ3n) is 2.44. The molecular weight excluding hydrogens is 285 g/mol. The van der Waals surface area contributed by atoms with E-state index in [1.165, 1.54) is 6.92 Å². The Bertz CT molecular complexity index is 549. The summed E-state index contributed by atoms with van der Waals surface area (Å²) < 4.78 is 59.9. The first kappa shape index (κ1) is 15.7. The molecule has 0 N–H and O–H groups in total. The van der Waals surface area contributed by atoms with Crippen molar-refractivity contribution in [1.82, 2.24) is 9.78 Å². The Hall–Kier alpha value is -1.38. The van der Waals surface area contributed by atoms with Crippen LogP contribution in [0.25, 0.3) is 0 Å². The molecule has 1 aromatic rings. The van der Waals surface area contributed by atoms with Gasteiger partial charge in [-0.15, -0.1) is 0 Å². The maximum absolute atomic E-state index is 12.1. The summed E-state index contributed by atoms with van der Waals surface area (Å²) in [5, 5.41) is 3.60. The van der Waals surface area contributed by atoms with Crippen molar-refractivity contribution in [2.75, 3.05) is 11.5 Å². The molecule has 0 spiro atoms. The van der Waals surface area contributed by atoms with Crippen LogP contribution < -0.4 is 0 Å². The van der Waals surface area contributed by atoms with Crippen molar-refractivity contribution in [3.63, 3.8) is 0 Å². The number of carbonyl (C=O) groups is 1. The van der Waals surface area contributed by atoms with Crippen LogP contribution >= 0.6 is 0 Å². The monoisotopic (exact) mass is 298 g/mol. The molecule has 1 rings (SSSR count). The van der Waals surface area contributed by atoms with E-state index >= 15 is 0 Å². The molecule has 108 valence electrons. The zero-order valence-corrected chi connectivity index (χ0v) is 11.0. The van der Waals surface area contributed by atoms with Crippen molar-refractivity contribution in [2.45, 2.75) is 26.1 Å². The van der Waals surface area contributed by atoms with Gasteiger partial charge >= 0.3 is 6.18 Å². The van der Waals surface area contributed by atoms with Crippen molar-refractivity contribution >= 4 is 15.6 Å². The summed E-state index contributed by atoms with van der Waals surface area (Å²) in [6.07, 6.45) is -2.91. The first-order valence-corrected chi connectivity index (χ1v) is 7.32. The van der Waals surface area contributed by atoms with Crippen LogP contribution in [0.5, 0.6) is 0 Å². The highest BCUT2D eigenvalue weighted by Gasteiger charge is 2.39. The smallest absolute Gasteiger partial charge is 0.284 e. The van der Waals surface area contributed by atoms with E-state index in [1.807, 2.05) is 0 Å². The number of alkyl halides is 3. The molecule has 0 fully saturated rings. The van der Waals surface area contributed by atoms with E-state index < -0.39 is 27.4 Å². The summed E-state index contributed by atoms with van der Waals surface area (Å²) in [4.78, 5) is 10.9. The van der Waals surface area contributed by atoms with Crippen molar-refractivity contribution in [3.8, 4) is 0 Å². The minimum atomic E-state index is -4.93. The fraction of sp³-hybridized carbons (Fsp3) is 0.600. The average molecular weight is 298 g/mol. The lowest BCUT2D eigenvalue weighted by molar-refractivity contribution is -0.0885. The third kappa shape index (κ3) is 4.66. The molecule has 0 radical (unpaired) electrons. The molecule has 0 aliphatic heterocycles. The van der Waals surface area contributed by atoms with E-state index in [-0.39, 0.29) is 24.5 Å². The summed E-state index contributed by atoms with van der Waals surface area (Å²) in [6, 6.07) is 0. The van der Waals surface area contributed by atoms with E-state index in [0.717, 1.165) is 17.1 Å². The van der Waals surface area contributed by atoms with Crippen molar-refractivity contribution in [2.24, 2.45) is 0 Å². The van der Waals surface area contributed by atoms with Gasteiger partial charge in [0.2, 0.25) is 0 Å². The molecule has 0 saturated heterocycles. The highest BCUT2D eigenvalue weighted by molar-refractivity contribution is 7.91. The molecule has 0 aliphatic rings. The van der Waals surface area contributed by atoms with Crippen molar-refractivity contribution in [1.29, 1.82) is 0 Å². The second-order valence-corrected chi connectivity index (χ2v) is 6.38. The number of aryl methyl sites for hydroxylation is 1. The lowest BCUT2D eigenvalue weighted by atomic mass is 10.2. The van der Waals surface area contributed by atoms with Crippen LogP contribution in [-0.4, -0.2) is 41.7 Å². The van der Waals surface area contributed by atoms with Crippen molar-refractivity contribution < 1.29 is 26.4 Å². The average Bonchev–Trinajstić information content (AvgIpc) is 2.75. The fourth-order valence-electron chi connectivity index (χ4n) is 1.36. The van der Waals surface area contributed by atoms with E-state index in [9.17, 15) is 26.4 Å². The van der Waals surface area contributed by atoms with Crippen LogP contribution in [0.15, 0.2) is 12.4 Å². The molecule has 1 heterocycles.